The van der Waals surface area contributed by atoms with Crippen LogP contribution in [0.1, 0.15) is 22.6 Å². The molecule has 1 N–H and O–H groups in total. The van der Waals surface area contributed by atoms with Gasteiger partial charge < -0.3 is 14.5 Å². The van der Waals surface area contributed by atoms with Gasteiger partial charge in [0.2, 0.25) is 0 Å². The van der Waals surface area contributed by atoms with Gasteiger partial charge in [-0.3, -0.25) is 0 Å². The van der Waals surface area contributed by atoms with Gasteiger partial charge in [0.05, 0.1) is 19.8 Å². The number of ether oxygens (including phenoxy) is 1. The summed E-state index contributed by atoms with van der Waals surface area (Å²) in [7, 11) is 1.89. The van der Waals surface area contributed by atoms with Crippen LogP contribution in [0.25, 0.3) is 0 Å². The van der Waals surface area contributed by atoms with E-state index in [4.69, 9.17) is 20.8 Å². The molecule has 2 rings (SSSR count). The third-order valence-electron chi connectivity index (χ3n) is 2.90. The van der Waals surface area contributed by atoms with Crippen molar-refractivity contribution >= 4 is 11.6 Å². The fourth-order valence-electron chi connectivity index (χ4n) is 1.88. The van der Waals surface area contributed by atoms with Gasteiger partial charge in [0.1, 0.15) is 11.5 Å². The van der Waals surface area contributed by atoms with E-state index < -0.39 is 0 Å². The van der Waals surface area contributed by atoms with Gasteiger partial charge in [-0.1, -0.05) is 29.8 Å². The summed E-state index contributed by atoms with van der Waals surface area (Å²) >= 11 is 6.08. The number of nitrogens with one attached hydrogen (secondary N) is 1. The lowest BCUT2D eigenvalue weighted by Gasteiger charge is -2.05. The minimum atomic E-state index is 0.506. The molecule has 0 saturated carbocycles. The maximum absolute atomic E-state index is 6.08. The quantitative estimate of drug-likeness (QED) is 0.876. The minimum absolute atomic E-state index is 0.506. The van der Waals surface area contributed by atoms with E-state index in [0.29, 0.717) is 13.2 Å². The molecule has 0 spiro atoms. The number of furan rings is 1. The Morgan fingerprint density at radius 2 is 1.95 bits per heavy atom. The number of benzene rings is 1. The Kier molecular flexibility index (Phi) is 5.02. The zero-order chi connectivity index (χ0) is 13.7. The van der Waals surface area contributed by atoms with Gasteiger partial charge in [-0.05, 0) is 31.7 Å². The SMILES string of the molecule is CNCc1cc(COCc2ccccc2Cl)c(C)o1. The Balaban J connectivity index is 1.90. The molecule has 0 atom stereocenters. The summed E-state index contributed by atoms with van der Waals surface area (Å²) in [6.45, 7) is 3.72. The van der Waals surface area contributed by atoms with E-state index in [9.17, 15) is 0 Å². The topological polar surface area (TPSA) is 34.4 Å². The molecule has 1 heterocycles. The average Bonchev–Trinajstić information content (AvgIpc) is 2.73. The Bertz CT molecular complexity index is 537. The van der Waals surface area contributed by atoms with Crippen molar-refractivity contribution in [1.82, 2.24) is 5.32 Å². The Labute approximate surface area is 118 Å². The van der Waals surface area contributed by atoms with Crippen molar-refractivity contribution < 1.29 is 9.15 Å². The predicted octanol–water partition coefficient (Wildman–Crippen LogP) is 3.68. The van der Waals surface area contributed by atoms with Crippen LogP contribution in [0.4, 0.5) is 0 Å². The van der Waals surface area contributed by atoms with E-state index in [-0.39, 0.29) is 0 Å². The summed E-state index contributed by atoms with van der Waals surface area (Å²) in [5, 5.41) is 3.80. The van der Waals surface area contributed by atoms with E-state index in [0.717, 1.165) is 34.2 Å². The van der Waals surface area contributed by atoms with Crippen LogP contribution >= 0.6 is 11.6 Å². The molecular formula is C15H18ClNO2. The van der Waals surface area contributed by atoms with Crippen LogP contribution in [0.3, 0.4) is 0 Å². The molecule has 3 nitrogen and oxygen atoms in total. The van der Waals surface area contributed by atoms with E-state index in [1.165, 1.54) is 0 Å². The molecule has 19 heavy (non-hydrogen) atoms. The molecule has 0 bridgehead atoms. The molecule has 2 aromatic rings. The van der Waals surface area contributed by atoms with Crippen molar-refractivity contribution in [2.75, 3.05) is 7.05 Å². The fourth-order valence-corrected chi connectivity index (χ4v) is 2.07. The van der Waals surface area contributed by atoms with Gasteiger partial charge in [0, 0.05) is 10.6 Å². The van der Waals surface area contributed by atoms with Gasteiger partial charge in [-0.25, -0.2) is 0 Å². The van der Waals surface area contributed by atoms with Crippen LogP contribution in [-0.4, -0.2) is 7.05 Å². The van der Waals surface area contributed by atoms with Crippen molar-refractivity contribution in [2.45, 2.75) is 26.7 Å². The molecule has 0 radical (unpaired) electrons. The summed E-state index contributed by atoms with van der Waals surface area (Å²) in [6.07, 6.45) is 0. The normalized spacial score (nSPS) is 10.9. The van der Waals surface area contributed by atoms with Crippen molar-refractivity contribution in [2.24, 2.45) is 0 Å². The number of halogens is 1. The first kappa shape index (κ1) is 14.1. The van der Waals surface area contributed by atoms with E-state index in [1.54, 1.807) is 0 Å². The summed E-state index contributed by atoms with van der Waals surface area (Å²) in [5.41, 5.74) is 2.08. The van der Waals surface area contributed by atoms with Crippen LogP contribution in [0, 0.1) is 6.92 Å². The van der Waals surface area contributed by atoms with E-state index in [1.807, 2.05) is 44.3 Å². The monoisotopic (exact) mass is 279 g/mol. The molecular weight excluding hydrogens is 262 g/mol. The maximum Gasteiger partial charge on any atom is 0.118 e. The third kappa shape index (κ3) is 3.83. The van der Waals surface area contributed by atoms with E-state index >= 15 is 0 Å². The number of aryl methyl sites for hydroxylation is 1. The Hall–Kier alpha value is -1.29. The van der Waals surface area contributed by atoms with Crippen molar-refractivity contribution in [3.8, 4) is 0 Å². The fraction of sp³-hybridized carbons (Fsp3) is 0.333. The van der Waals surface area contributed by atoms with E-state index in [2.05, 4.69) is 5.32 Å². The number of hydrogen-bond acceptors (Lipinski definition) is 3. The summed E-state index contributed by atoms with van der Waals surface area (Å²) in [4.78, 5) is 0. The van der Waals surface area contributed by atoms with Gasteiger partial charge in [0.15, 0.2) is 0 Å². The molecule has 1 aromatic carbocycles. The third-order valence-corrected chi connectivity index (χ3v) is 3.26. The number of rotatable bonds is 6. The molecule has 0 saturated heterocycles. The second-order valence-corrected chi connectivity index (χ2v) is 4.82. The lowest BCUT2D eigenvalue weighted by atomic mass is 10.2. The molecule has 0 aliphatic heterocycles. The second-order valence-electron chi connectivity index (χ2n) is 4.41. The highest BCUT2D eigenvalue weighted by Gasteiger charge is 2.07. The van der Waals surface area contributed by atoms with Crippen LogP contribution < -0.4 is 5.32 Å². The van der Waals surface area contributed by atoms with Gasteiger partial charge >= 0.3 is 0 Å². The average molecular weight is 280 g/mol. The first-order valence-corrected chi connectivity index (χ1v) is 6.62. The van der Waals surface area contributed by atoms with Gasteiger partial charge in [-0.2, -0.15) is 0 Å². The molecule has 0 aliphatic carbocycles. The molecule has 0 amide bonds. The summed E-state index contributed by atoms with van der Waals surface area (Å²) in [6, 6.07) is 9.73. The highest BCUT2D eigenvalue weighted by Crippen LogP contribution is 2.19. The number of hydrogen-bond donors (Lipinski definition) is 1. The Morgan fingerprint density at radius 1 is 1.21 bits per heavy atom. The lowest BCUT2D eigenvalue weighted by Crippen LogP contribution is -2.03. The predicted molar refractivity (Wildman–Crippen MR) is 76.2 cm³/mol. The highest BCUT2D eigenvalue weighted by atomic mass is 35.5. The molecule has 102 valence electrons. The van der Waals surface area contributed by atoms with Crippen molar-refractivity contribution in [3.05, 3.63) is 58.0 Å². The molecule has 4 heteroatoms. The van der Waals surface area contributed by atoms with Crippen LogP contribution in [0.5, 0.6) is 0 Å². The van der Waals surface area contributed by atoms with Crippen LogP contribution in [-0.2, 0) is 24.5 Å². The van der Waals surface area contributed by atoms with Crippen molar-refractivity contribution in [3.63, 3.8) is 0 Å². The largest absolute Gasteiger partial charge is 0.465 e. The van der Waals surface area contributed by atoms with Gasteiger partial charge in [-0.15, -0.1) is 0 Å². The lowest BCUT2D eigenvalue weighted by molar-refractivity contribution is 0.106. The van der Waals surface area contributed by atoms with Crippen LogP contribution in [0.2, 0.25) is 5.02 Å². The summed E-state index contributed by atoms with van der Waals surface area (Å²) < 4.78 is 11.3. The maximum atomic E-state index is 6.08. The summed E-state index contributed by atoms with van der Waals surface area (Å²) in [5.74, 6) is 1.83. The second kappa shape index (κ2) is 6.75. The first-order valence-electron chi connectivity index (χ1n) is 6.24. The molecule has 1 aromatic heterocycles. The zero-order valence-corrected chi connectivity index (χ0v) is 12.0. The minimum Gasteiger partial charge on any atom is -0.465 e. The molecule has 0 fully saturated rings. The van der Waals surface area contributed by atoms with Crippen molar-refractivity contribution in [1.29, 1.82) is 0 Å². The van der Waals surface area contributed by atoms with Gasteiger partial charge in [0.25, 0.3) is 0 Å². The highest BCUT2D eigenvalue weighted by molar-refractivity contribution is 6.31. The first-order chi connectivity index (χ1) is 9.20. The molecule has 0 aliphatic rings. The molecule has 0 unspecified atom stereocenters. The van der Waals surface area contributed by atoms with Crippen LogP contribution in [0.15, 0.2) is 34.7 Å². The smallest absolute Gasteiger partial charge is 0.118 e. The zero-order valence-electron chi connectivity index (χ0n) is 11.2. The standard InChI is InChI=1S/C15H18ClNO2/c1-11-13(7-14(19-11)8-17-2)10-18-9-12-5-3-4-6-15(12)16/h3-7,17H,8-10H2,1-2H3. The Morgan fingerprint density at radius 3 is 2.68 bits per heavy atom.